The molecule has 6 nitrogen and oxygen atoms in total. The zero-order chi connectivity index (χ0) is 23.8. The number of urea groups is 1. The van der Waals surface area contributed by atoms with Crippen molar-refractivity contribution in [2.24, 2.45) is 5.10 Å². The first-order valence-electron chi connectivity index (χ1n) is 10.4. The molecule has 33 heavy (non-hydrogen) atoms. The highest BCUT2D eigenvalue weighted by Gasteiger charge is 2.12. The zero-order valence-electron chi connectivity index (χ0n) is 18.6. The molecule has 2 N–H and O–H groups in total. The minimum atomic E-state index is -0.425. The molecule has 0 aliphatic rings. The van der Waals surface area contributed by atoms with Gasteiger partial charge in [-0.15, -0.1) is 0 Å². The quantitative estimate of drug-likeness (QED) is 0.165. The summed E-state index contributed by atoms with van der Waals surface area (Å²) in [6.45, 7) is 6.89. The standard InChI is InChI=1S/C25H25BrIN3O3/c1-4-32-23-13-19(12-22(27)24(23)33-15-18-7-5-16(2)6-8-18)14-28-30-25(31)29-20-9-10-21(26)17(3)11-20/h5-14H,4,15H2,1-3H3,(H2,29,30,31)/b28-14+. The molecule has 0 spiro atoms. The van der Waals surface area contributed by atoms with Crippen LogP contribution in [0.2, 0.25) is 0 Å². The van der Waals surface area contributed by atoms with Crippen molar-refractivity contribution in [2.75, 3.05) is 11.9 Å². The van der Waals surface area contributed by atoms with Gasteiger partial charge in [0.05, 0.1) is 16.4 Å². The van der Waals surface area contributed by atoms with Crippen molar-refractivity contribution in [3.63, 3.8) is 0 Å². The van der Waals surface area contributed by atoms with Gasteiger partial charge in [-0.2, -0.15) is 5.10 Å². The smallest absolute Gasteiger partial charge is 0.339 e. The monoisotopic (exact) mass is 621 g/mol. The van der Waals surface area contributed by atoms with Crippen LogP contribution < -0.4 is 20.2 Å². The molecule has 8 heteroatoms. The van der Waals surface area contributed by atoms with Crippen molar-refractivity contribution in [1.82, 2.24) is 5.43 Å². The number of carbonyl (C=O) groups excluding carboxylic acids is 1. The summed E-state index contributed by atoms with van der Waals surface area (Å²) in [6, 6.07) is 17.1. The van der Waals surface area contributed by atoms with E-state index in [2.05, 4.69) is 85.6 Å². The fourth-order valence-electron chi connectivity index (χ4n) is 2.95. The minimum Gasteiger partial charge on any atom is -0.490 e. The summed E-state index contributed by atoms with van der Waals surface area (Å²) in [5.41, 5.74) is 7.27. The third-order valence-corrected chi connectivity index (χ3v) is 6.32. The van der Waals surface area contributed by atoms with E-state index < -0.39 is 6.03 Å². The molecule has 0 bridgehead atoms. The lowest BCUT2D eigenvalue weighted by Crippen LogP contribution is -2.24. The van der Waals surface area contributed by atoms with Gasteiger partial charge in [-0.25, -0.2) is 10.2 Å². The van der Waals surface area contributed by atoms with Gasteiger partial charge in [0.2, 0.25) is 0 Å². The lowest BCUT2D eigenvalue weighted by Gasteiger charge is -2.15. The number of anilines is 1. The number of carbonyl (C=O) groups is 1. The summed E-state index contributed by atoms with van der Waals surface area (Å²) in [6.07, 6.45) is 1.57. The normalized spacial score (nSPS) is 10.8. The highest BCUT2D eigenvalue weighted by atomic mass is 127. The average Bonchev–Trinajstić information content (AvgIpc) is 2.77. The number of rotatable bonds is 8. The van der Waals surface area contributed by atoms with E-state index in [9.17, 15) is 4.79 Å². The Labute approximate surface area is 216 Å². The van der Waals surface area contributed by atoms with Crippen LogP contribution in [0, 0.1) is 17.4 Å². The summed E-state index contributed by atoms with van der Waals surface area (Å²) >= 11 is 5.66. The van der Waals surface area contributed by atoms with E-state index in [1.807, 2.05) is 44.2 Å². The van der Waals surface area contributed by atoms with E-state index in [1.165, 1.54) is 5.56 Å². The van der Waals surface area contributed by atoms with Gasteiger partial charge in [-0.3, -0.25) is 0 Å². The molecule has 0 atom stereocenters. The molecule has 0 unspecified atom stereocenters. The fraction of sp³-hybridized carbons (Fsp3) is 0.200. The van der Waals surface area contributed by atoms with E-state index in [0.29, 0.717) is 30.4 Å². The number of hydrogen-bond donors (Lipinski definition) is 2. The van der Waals surface area contributed by atoms with E-state index in [1.54, 1.807) is 6.21 Å². The summed E-state index contributed by atoms with van der Waals surface area (Å²) in [5.74, 6) is 1.32. The van der Waals surface area contributed by atoms with E-state index in [-0.39, 0.29) is 0 Å². The predicted molar refractivity (Wildman–Crippen MR) is 144 cm³/mol. The first-order chi connectivity index (χ1) is 15.9. The van der Waals surface area contributed by atoms with E-state index in [0.717, 1.165) is 24.7 Å². The first kappa shape index (κ1) is 25.0. The van der Waals surface area contributed by atoms with Crippen LogP contribution in [0.3, 0.4) is 0 Å². The summed E-state index contributed by atoms with van der Waals surface area (Å²) in [4.78, 5) is 12.1. The molecule has 0 radical (unpaired) electrons. The van der Waals surface area contributed by atoms with Crippen LogP contribution >= 0.6 is 38.5 Å². The predicted octanol–water partition coefficient (Wildman–Crippen LogP) is 6.80. The third-order valence-electron chi connectivity index (χ3n) is 4.63. The van der Waals surface area contributed by atoms with Gasteiger partial charge in [-0.05, 0) is 90.4 Å². The second-order valence-electron chi connectivity index (χ2n) is 7.33. The second kappa shape index (κ2) is 12.0. The lowest BCUT2D eigenvalue weighted by molar-refractivity contribution is 0.252. The van der Waals surface area contributed by atoms with Crippen LogP contribution in [-0.2, 0) is 6.61 Å². The fourth-order valence-corrected chi connectivity index (χ4v) is 3.98. The first-order valence-corrected chi connectivity index (χ1v) is 12.2. The maximum absolute atomic E-state index is 12.1. The van der Waals surface area contributed by atoms with Gasteiger partial charge in [-0.1, -0.05) is 45.8 Å². The Morgan fingerprint density at radius 1 is 1.09 bits per heavy atom. The maximum Gasteiger partial charge on any atom is 0.339 e. The van der Waals surface area contributed by atoms with E-state index >= 15 is 0 Å². The molecular formula is C25H25BrIN3O3. The average molecular weight is 622 g/mol. The Morgan fingerprint density at radius 2 is 1.85 bits per heavy atom. The van der Waals surface area contributed by atoms with Gasteiger partial charge < -0.3 is 14.8 Å². The van der Waals surface area contributed by atoms with Gasteiger partial charge in [0.25, 0.3) is 0 Å². The molecule has 0 aliphatic carbocycles. The molecule has 0 saturated heterocycles. The Bertz CT molecular complexity index is 1150. The van der Waals surface area contributed by atoms with Gasteiger partial charge >= 0.3 is 6.03 Å². The molecule has 0 heterocycles. The largest absolute Gasteiger partial charge is 0.490 e. The summed E-state index contributed by atoms with van der Waals surface area (Å²) < 4.78 is 13.7. The van der Waals surface area contributed by atoms with Crippen molar-refractivity contribution < 1.29 is 14.3 Å². The molecule has 3 aromatic carbocycles. The summed E-state index contributed by atoms with van der Waals surface area (Å²) in [5, 5.41) is 6.81. The maximum atomic E-state index is 12.1. The summed E-state index contributed by atoms with van der Waals surface area (Å²) in [7, 11) is 0. The van der Waals surface area contributed by atoms with Crippen molar-refractivity contribution in [3.8, 4) is 11.5 Å². The number of amides is 2. The highest BCUT2D eigenvalue weighted by molar-refractivity contribution is 14.1. The number of hydrogen-bond acceptors (Lipinski definition) is 4. The minimum absolute atomic E-state index is 0.425. The van der Waals surface area contributed by atoms with Crippen LogP contribution in [0.4, 0.5) is 10.5 Å². The van der Waals surface area contributed by atoms with Crippen LogP contribution in [0.25, 0.3) is 0 Å². The Balaban J connectivity index is 1.65. The lowest BCUT2D eigenvalue weighted by atomic mass is 10.2. The Morgan fingerprint density at radius 3 is 2.55 bits per heavy atom. The van der Waals surface area contributed by atoms with Gasteiger partial charge in [0, 0.05) is 10.2 Å². The van der Waals surface area contributed by atoms with E-state index in [4.69, 9.17) is 9.47 Å². The molecule has 2 amide bonds. The molecule has 0 aliphatic heterocycles. The Hall–Kier alpha value is -2.59. The van der Waals surface area contributed by atoms with Crippen molar-refractivity contribution >= 4 is 56.5 Å². The van der Waals surface area contributed by atoms with Crippen LogP contribution in [0.15, 0.2) is 64.2 Å². The van der Waals surface area contributed by atoms with Crippen molar-refractivity contribution in [3.05, 3.63) is 84.9 Å². The molecule has 0 aromatic heterocycles. The van der Waals surface area contributed by atoms with Crippen molar-refractivity contribution in [1.29, 1.82) is 0 Å². The highest BCUT2D eigenvalue weighted by Crippen LogP contribution is 2.34. The number of nitrogens with one attached hydrogen (secondary N) is 2. The number of benzene rings is 3. The molecule has 0 saturated carbocycles. The number of aryl methyl sites for hydroxylation is 2. The molecule has 3 aromatic rings. The number of halogens is 2. The molecule has 172 valence electrons. The molecule has 3 rings (SSSR count). The molecule has 0 fully saturated rings. The van der Waals surface area contributed by atoms with Crippen molar-refractivity contribution in [2.45, 2.75) is 27.4 Å². The van der Waals surface area contributed by atoms with Crippen LogP contribution in [0.1, 0.15) is 29.2 Å². The van der Waals surface area contributed by atoms with Crippen LogP contribution in [-0.4, -0.2) is 18.9 Å². The number of nitrogens with zero attached hydrogens (tertiary/aromatic N) is 1. The van der Waals surface area contributed by atoms with Crippen LogP contribution in [0.5, 0.6) is 11.5 Å². The zero-order valence-corrected chi connectivity index (χ0v) is 22.4. The third kappa shape index (κ3) is 7.46. The second-order valence-corrected chi connectivity index (χ2v) is 9.34. The van der Waals surface area contributed by atoms with Gasteiger partial charge in [0.15, 0.2) is 11.5 Å². The SMILES string of the molecule is CCOc1cc(/C=N/NC(=O)Nc2ccc(Br)c(C)c2)cc(I)c1OCc1ccc(C)cc1. The Kier molecular flexibility index (Phi) is 9.13. The van der Waals surface area contributed by atoms with Gasteiger partial charge in [0.1, 0.15) is 6.61 Å². The number of hydrazone groups is 1. The number of ether oxygens (including phenoxy) is 2. The molecular weight excluding hydrogens is 597 g/mol. The topological polar surface area (TPSA) is 72.0 Å².